The van der Waals surface area contributed by atoms with Gasteiger partial charge in [0.1, 0.15) is 11.8 Å². The predicted octanol–water partition coefficient (Wildman–Crippen LogP) is 3.64. The highest BCUT2D eigenvalue weighted by molar-refractivity contribution is 6.43. The lowest BCUT2D eigenvalue weighted by atomic mass is 10.0. The van der Waals surface area contributed by atoms with Crippen molar-refractivity contribution in [2.45, 2.75) is 32.9 Å². The number of amides is 1. The second-order valence-electron chi connectivity index (χ2n) is 5.03. The maximum Gasteiger partial charge on any atom is 0.326 e. The number of halogens is 3. The van der Waals surface area contributed by atoms with Crippen LogP contribution in [-0.2, 0) is 9.59 Å². The standard InChI is InChI=1S/C14H16Cl3NO4/c1-6(2)12(14(20)21)18-13(19)7(3)22-11-5-9(16)8(15)4-10(11)17/h4-7,12H,1-3H3,(H,18,19)(H,20,21)/t7-,12-/m0/s1. The van der Waals surface area contributed by atoms with Gasteiger partial charge in [0.05, 0.1) is 15.1 Å². The van der Waals surface area contributed by atoms with E-state index in [-0.39, 0.29) is 26.7 Å². The molecule has 0 spiro atoms. The van der Waals surface area contributed by atoms with E-state index in [0.717, 1.165) is 0 Å². The number of carboxylic acids is 1. The van der Waals surface area contributed by atoms with Crippen LogP contribution in [0.5, 0.6) is 5.75 Å². The first-order chi connectivity index (χ1) is 10.1. The summed E-state index contributed by atoms with van der Waals surface area (Å²) in [6, 6.07) is 1.80. The summed E-state index contributed by atoms with van der Waals surface area (Å²) >= 11 is 17.6. The van der Waals surface area contributed by atoms with E-state index < -0.39 is 24.0 Å². The van der Waals surface area contributed by atoms with Gasteiger partial charge >= 0.3 is 5.97 Å². The molecule has 1 amide bonds. The van der Waals surface area contributed by atoms with Gasteiger partial charge in [0.2, 0.25) is 0 Å². The van der Waals surface area contributed by atoms with Crippen LogP contribution in [0.25, 0.3) is 0 Å². The number of benzene rings is 1. The minimum atomic E-state index is -1.11. The minimum Gasteiger partial charge on any atom is -0.480 e. The van der Waals surface area contributed by atoms with Gasteiger partial charge in [-0.25, -0.2) is 4.79 Å². The van der Waals surface area contributed by atoms with Crippen molar-refractivity contribution in [3.8, 4) is 5.75 Å². The molecule has 2 atom stereocenters. The van der Waals surface area contributed by atoms with Crippen LogP contribution in [0.4, 0.5) is 0 Å². The second-order valence-corrected chi connectivity index (χ2v) is 6.25. The van der Waals surface area contributed by atoms with Crippen LogP contribution in [0.15, 0.2) is 12.1 Å². The number of carbonyl (C=O) groups excluding carboxylic acids is 1. The SMILES string of the molecule is CC(C)[C@H](NC(=O)[C@H](C)Oc1cc(Cl)c(Cl)cc1Cl)C(=O)O. The molecule has 8 heteroatoms. The zero-order valence-electron chi connectivity index (χ0n) is 12.2. The third-order valence-electron chi connectivity index (χ3n) is 2.88. The average molecular weight is 369 g/mol. The van der Waals surface area contributed by atoms with E-state index in [9.17, 15) is 9.59 Å². The lowest BCUT2D eigenvalue weighted by molar-refractivity contribution is -0.144. The Morgan fingerprint density at radius 1 is 1.09 bits per heavy atom. The first-order valence-electron chi connectivity index (χ1n) is 6.47. The fourth-order valence-electron chi connectivity index (χ4n) is 1.62. The van der Waals surface area contributed by atoms with Gasteiger partial charge < -0.3 is 15.2 Å². The molecule has 0 aliphatic rings. The van der Waals surface area contributed by atoms with Crippen molar-refractivity contribution in [3.05, 3.63) is 27.2 Å². The maximum absolute atomic E-state index is 12.0. The molecule has 0 aliphatic carbocycles. The summed E-state index contributed by atoms with van der Waals surface area (Å²) in [5.41, 5.74) is 0. The molecule has 1 rings (SSSR count). The predicted molar refractivity (Wildman–Crippen MR) is 86.0 cm³/mol. The molecule has 0 heterocycles. The summed E-state index contributed by atoms with van der Waals surface area (Å²) in [7, 11) is 0. The molecule has 0 fully saturated rings. The third-order valence-corrected chi connectivity index (χ3v) is 3.90. The highest BCUT2D eigenvalue weighted by Crippen LogP contribution is 2.34. The van der Waals surface area contributed by atoms with Crippen LogP contribution in [0.2, 0.25) is 15.1 Å². The Morgan fingerprint density at radius 2 is 1.64 bits per heavy atom. The molecule has 0 aromatic heterocycles. The number of carbonyl (C=O) groups is 2. The van der Waals surface area contributed by atoms with E-state index in [2.05, 4.69) is 5.32 Å². The van der Waals surface area contributed by atoms with E-state index in [1.165, 1.54) is 19.1 Å². The highest BCUT2D eigenvalue weighted by Gasteiger charge is 2.26. The van der Waals surface area contributed by atoms with Gasteiger partial charge in [-0.2, -0.15) is 0 Å². The van der Waals surface area contributed by atoms with Crippen LogP contribution in [0.3, 0.4) is 0 Å². The second kappa shape index (κ2) is 7.90. The third kappa shape index (κ3) is 4.93. The Balaban J connectivity index is 2.80. The molecule has 5 nitrogen and oxygen atoms in total. The lowest BCUT2D eigenvalue weighted by Crippen LogP contribution is -2.48. The zero-order chi connectivity index (χ0) is 17.0. The fourth-order valence-corrected chi connectivity index (χ4v) is 2.20. The number of hydrogen-bond acceptors (Lipinski definition) is 3. The average Bonchev–Trinajstić information content (AvgIpc) is 2.40. The molecule has 0 saturated carbocycles. The normalized spacial score (nSPS) is 13.6. The lowest BCUT2D eigenvalue weighted by Gasteiger charge is -2.21. The van der Waals surface area contributed by atoms with Crippen molar-refractivity contribution in [3.63, 3.8) is 0 Å². The van der Waals surface area contributed by atoms with Crippen molar-refractivity contribution in [2.24, 2.45) is 5.92 Å². The number of carboxylic acid groups (broad SMARTS) is 1. The van der Waals surface area contributed by atoms with Gasteiger partial charge in [-0.05, 0) is 18.9 Å². The molecule has 1 aromatic rings. The van der Waals surface area contributed by atoms with Crippen molar-refractivity contribution in [2.75, 3.05) is 0 Å². The molecular formula is C14H16Cl3NO4. The fraction of sp³-hybridized carbons (Fsp3) is 0.429. The largest absolute Gasteiger partial charge is 0.480 e. The van der Waals surface area contributed by atoms with Gasteiger partial charge in [0.15, 0.2) is 6.10 Å². The smallest absolute Gasteiger partial charge is 0.326 e. The zero-order valence-corrected chi connectivity index (χ0v) is 14.5. The Labute approximate surface area is 143 Å². The minimum absolute atomic E-state index is 0.190. The number of rotatable bonds is 6. The van der Waals surface area contributed by atoms with E-state index in [1.807, 2.05) is 0 Å². The summed E-state index contributed by atoms with van der Waals surface area (Å²) in [5, 5.41) is 12.2. The summed E-state index contributed by atoms with van der Waals surface area (Å²) in [4.78, 5) is 23.1. The van der Waals surface area contributed by atoms with Crippen LogP contribution in [-0.4, -0.2) is 29.1 Å². The molecule has 122 valence electrons. The van der Waals surface area contributed by atoms with E-state index in [4.69, 9.17) is 44.6 Å². The maximum atomic E-state index is 12.0. The van der Waals surface area contributed by atoms with Gasteiger partial charge in [-0.15, -0.1) is 0 Å². The van der Waals surface area contributed by atoms with Gasteiger partial charge in [0.25, 0.3) is 5.91 Å². The Morgan fingerprint density at radius 3 is 2.14 bits per heavy atom. The summed E-state index contributed by atoms with van der Waals surface area (Å²) in [5.74, 6) is -1.75. The first-order valence-corrected chi connectivity index (χ1v) is 7.61. The molecule has 22 heavy (non-hydrogen) atoms. The van der Waals surface area contributed by atoms with Gasteiger partial charge in [-0.3, -0.25) is 4.79 Å². The molecule has 0 bridgehead atoms. The van der Waals surface area contributed by atoms with Gasteiger partial charge in [0, 0.05) is 6.07 Å². The van der Waals surface area contributed by atoms with Crippen LogP contribution >= 0.6 is 34.8 Å². The van der Waals surface area contributed by atoms with Crippen molar-refractivity contribution >= 4 is 46.7 Å². The Kier molecular flexibility index (Phi) is 6.78. The molecule has 0 unspecified atom stereocenters. The van der Waals surface area contributed by atoms with Crippen LogP contribution in [0.1, 0.15) is 20.8 Å². The first kappa shape index (κ1) is 18.9. The Bertz CT molecular complexity index is 577. The molecule has 0 radical (unpaired) electrons. The van der Waals surface area contributed by atoms with Crippen molar-refractivity contribution in [1.29, 1.82) is 0 Å². The summed E-state index contributed by atoms with van der Waals surface area (Å²) in [6.45, 7) is 4.87. The van der Waals surface area contributed by atoms with Crippen molar-refractivity contribution in [1.82, 2.24) is 5.32 Å². The molecular weight excluding hydrogens is 353 g/mol. The molecule has 2 N–H and O–H groups in total. The number of nitrogens with one attached hydrogen (secondary N) is 1. The highest BCUT2D eigenvalue weighted by atomic mass is 35.5. The van der Waals surface area contributed by atoms with Crippen molar-refractivity contribution < 1.29 is 19.4 Å². The van der Waals surface area contributed by atoms with E-state index in [1.54, 1.807) is 13.8 Å². The molecule has 0 saturated heterocycles. The summed E-state index contributed by atoms with van der Waals surface area (Å²) in [6.07, 6.45) is -0.949. The van der Waals surface area contributed by atoms with E-state index in [0.29, 0.717) is 0 Å². The Hall–Kier alpha value is -1.17. The molecule has 0 aliphatic heterocycles. The molecule has 1 aromatic carbocycles. The van der Waals surface area contributed by atoms with Gasteiger partial charge in [-0.1, -0.05) is 48.7 Å². The number of aliphatic carboxylic acids is 1. The quantitative estimate of drug-likeness (QED) is 0.752. The number of hydrogen-bond donors (Lipinski definition) is 2. The topological polar surface area (TPSA) is 75.6 Å². The van der Waals surface area contributed by atoms with Crippen LogP contribution < -0.4 is 10.1 Å². The summed E-state index contributed by atoms with van der Waals surface area (Å²) < 4.78 is 5.42. The van der Waals surface area contributed by atoms with E-state index >= 15 is 0 Å². The monoisotopic (exact) mass is 367 g/mol. The number of ether oxygens (including phenoxy) is 1. The van der Waals surface area contributed by atoms with Crippen LogP contribution in [0, 0.1) is 5.92 Å².